The number of likely N-dealkylation sites (N-methyl/N-ethyl adjacent to an activating group) is 2. The van der Waals surface area contributed by atoms with Gasteiger partial charge in [-0.3, -0.25) is 9.69 Å². The van der Waals surface area contributed by atoms with Crippen LogP contribution in [-0.4, -0.2) is 74.0 Å². The fraction of sp³-hybridized carbons (Fsp3) is 0.917. The van der Waals surface area contributed by atoms with Crippen LogP contribution in [0.15, 0.2) is 0 Å². The first-order chi connectivity index (χ1) is 7.63. The number of carbonyl (C=O) groups excluding carboxylic acids is 1. The fourth-order valence-corrected chi connectivity index (χ4v) is 1.89. The van der Waals surface area contributed by atoms with Crippen LogP contribution in [-0.2, 0) is 4.79 Å². The van der Waals surface area contributed by atoms with E-state index in [1.165, 1.54) is 0 Å². The van der Waals surface area contributed by atoms with Crippen molar-refractivity contribution in [2.45, 2.75) is 19.8 Å². The van der Waals surface area contributed by atoms with Gasteiger partial charge in [-0.25, -0.2) is 0 Å². The van der Waals surface area contributed by atoms with Crippen molar-refractivity contribution >= 4 is 5.91 Å². The summed E-state index contributed by atoms with van der Waals surface area (Å²) in [5, 5.41) is 0. The van der Waals surface area contributed by atoms with Crippen LogP contribution in [0.3, 0.4) is 0 Å². The maximum atomic E-state index is 11.6. The molecule has 0 aromatic rings. The van der Waals surface area contributed by atoms with Crippen LogP contribution < -0.4 is 0 Å². The van der Waals surface area contributed by atoms with Gasteiger partial charge in [0.15, 0.2) is 0 Å². The van der Waals surface area contributed by atoms with Crippen LogP contribution in [0.25, 0.3) is 0 Å². The van der Waals surface area contributed by atoms with Gasteiger partial charge in [-0.15, -0.1) is 0 Å². The Kier molecular flexibility index (Phi) is 5.77. The lowest BCUT2D eigenvalue weighted by molar-refractivity contribution is -0.130. The number of hydrogen-bond acceptors (Lipinski definition) is 3. The van der Waals surface area contributed by atoms with E-state index < -0.39 is 0 Å². The normalized spacial score (nSPS) is 18.7. The molecule has 0 bridgehead atoms. The molecular formula is C12H25N3O. The number of nitrogens with zero attached hydrogens (tertiary/aromatic N) is 3. The Morgan fingerprint density at radius 3 is 2.44 bits per heavy atom. The average Bonchev–Trinajstić information content (AvgIpc) is 2.28. The molecule has 1 amide bonds. The molecule has 0 aromatic carbocycles. The van der Waals surface area contributed by atoms with Gasteiger partial charge in [-0.1, -0.05) is 6.92 Å². The number of amides is 1. The van der Waals surface area contributed by atoms with Crippen molar-refractivity contribution < 1.29 is 4.79 Å². The van der Waals surface area contributed by atoms with E-state index >= 15 is 0 Å². The van der Waals surface area contributed by atoms with Gasteiger partial charge in [-0.2, -0.15) is 0 Å². The summed E-state index contributed by atoms with van der Waals surface area (Å²) in [6.07, 6.45) is 1.62. The highest BCUT2D eigenvalue weighted by atomic mass is 16.2. The third-order valence-electron chi connectivity index (χ3n) is 3.24. The molecule has 0 N–H and O–H groups in total. The predicted molar refractivity (Wildman–Crippen MR) is 66.5 cm³/mol. The van der Waals surface area contributed by atoms with E-state index in [1.54, 1.807) is 0 Å². The molecule has 0 unspecified atom stereocenters. The minimum Gasteiger partial charge on any atom is -0.344 e. The highest BCUT2D eigenvalue weighted by Crippen LogP contribution is 2.00. The van der Waals surface area contributed by atoms with Crippen molar-refractivity contribution in [3.8, 4) is 0 Å². The van der Waals surface area contributed by atoms with Crippen LogP contribution in [0.1, 0.15) is 19.8 Å². The third-order valence-corrected chi connectivity index (χ3v) is 3.24. The molecule has 0 spiro atoms. The highest BCUT2D eigenvalue weighted by molar-refractivity contribution is 5.75. The smallest absolute Gasteiger partial charge is 0.222 e. The van der Waals surface area contributed by atoms with Gasteiger partial charge in [0.2, 0.25) is 5.91 Å². The Labute approximate surface area is 99.2 Å². The highest BCUT2D eigenvalue weighted by Gasteiger charge is 2.14. The van der Waals surface area contributed by atoms with Crippen LogP contribution in [0.5, 0.6) is 0 Å². The molecule has 4 heteroatoms. The van der Waals surface area contributed by atoms with E-state index in [1.807, 2.05) is 18.9 Å². The summed E-state index contributed by atoms with van der Waals surface area (Å²) >= 11 is 0. The molecule has 1 aliphatic heterocycles. The summed E-state index contributed by atoms with van der Waals surface area (Å²) in [4.78, 5) is 18.2. The van der Waals surface area contributed by atoms with E-state index in [-0.39, 0.29) is 5.91 Å². The molecular weight excluding hydrogens is 202 g/mol. The topological polar surface area (TPSA) is 26.8 Å². The van der Waals surface area contributed by atoms with Crippen LogP contribution in [0.4, 0.5) is 0 Å². The van der Waals surface area contributed by atoms with E-state index in [2.05, 4.69) is 16.8 Å². The lowest BCUT2D eigenvalue weighted by atomic mass is 10.3. The summed E-state index contributed by atoms with van der Waals surface area (Å²) in [6, 6.07) is 0. The molecule has 0 saturated carbocycles. The zero-order valence-electron chi connectivity index (χ0n) is 10.9. The predicted octanol–water partition coefficient (Wildman–Crippen LogP) is 0.492. The lowest BCUT2D eigenvalue weighted by Crippen LogP contribution is -2.47. The fourth-order valence-electron chi connectivity index (χ4n) is 1.89. The molecule has 1 heterocycles. The zero-order valence-corrected chi connectivity index (χ0v) is 10.9. The largest absolute Gasteiger partial charge is 0.344 e. The second-order valence-electron chi connectivity index (χ2n) is 4.71. The second kappa shape index (κ2) is 6.86. The first-order valence-corrected chi connectivity index (χ1v) is 6.28. The molecule has 16 heavy (non-hydrogen) atoms. The first-order valence-electron chi connectivity index (χ1n) is 6.28. The second-order valence-corrected chi connectivity index (χ2v) is 4.71. The summed E-state index contributed by atoms with van der Waals surface area (Å²) in [5.74, 6) is 0.275. The Bertz CT molecular complexity index is 212. The van der Waals surface area contributed by atoms with Gasteiger partial charge >= 0.3 is 0 Å². The van der Waals surface area contributed by atoms with Crippen LogP contribution in [0, 0.1) is 0 Å². The van der Waals surface area contributed by atoms with Gasteiger partial charge in [-0.05, 0) is 13.5 Å². The van der Waals surface area contributed by atoms with Crippen molar-refractivity contribution in [2.24, 2.45) is 0 Å². The molecule has 94 valence electrons. The first kappa shape index (κ1) is 13.5. The number of carbonyl (C=O) groups is 1. The quantitative estimate of drug-likeness (QED) is 0.684. The Morgan fingerprint density at radius 2 is 1.88 bits per heavy atom. The van der Waals surface area contributed by atoms with Gasteiger partial charge < -0.3 is 9.80 Å². The van der Waals surface area contributed by atoms with Gasteiger partial charge in [0.05, 0.1) is 0 Å². The Hall–Kier alpha value is -0.610. The van der Waals surface area contributed by atoms with Gasteiger partial charge in [0, 0.05) is 52.7 Å². The molecule has 4 nitrogen and oxygen atoms in total. The molecule has 1 fully saturated rings. The van der Waals surface area contributed by atoms with E-state index in [4.69, 9.17) is 0 Å². The summed E-state index contributed by atoms with van der Waals surface area (Å²) in [5.41, 5.74) is 0. The van der Waals surface area contributed by atoms with Crippen molar-refractivity contribution in [1.82, 2.24) is 14.7 Å². The van der Waals surface area contributed by atoms with Crippen molar-refractivity contribution in [1.29, 1.82) is 0 Å². The minimum absolute atomic E-state index is 0.275. The van der Waals surface area contributed by atoms with E-state index in [9.17, 15) is 4.79 Å². The maximum absolute atomic E-state index is 11.6. The lowest BCUT2D eigenvalue weighted by Gasteiger charge is -2.33. The molecule has 0 aromatic heterocycles. The number of rotatable bonds is 5. The summed E-state index contributed by atoms with van der Waals surface area (Å²) in [6.45, 7) is 8.48. The Morgan fingerprint density at radius 1 is 1.25 bits per heavy atom. The van der Waals surface area contributed by atoms with Crippen LogP contribution in [0.2, 0.25) is 0 Å². The van der Waals surface area contributed by atoms with Crippen LogP contribution >= 0.6 is 0 Å². The molecule has 1 saturated heterocycles. The molecule has 0 aliphatic carbocycles. The monoisotopic (exact) mass is 227 g/mol. The van der Waals surface area contributed by atoms with Crippen molar-refractivity contribution in [3.05, 3.63) is 0 Å². The summed E-state index contributed by atoms with van der Waals surface area (Å²) in [7, 11) is 4.07. The number of piperazine rings is 1. The molecule has 0 radical (unpaired) electrons. The molecule has 1 aliphatic rings. The average molecular weight is 227 g/mol. The number of hydrogen-bond donors (Lipinski definition) is 0. The summed E-state index contributed by atoms with van der Waals surface area (Å²) < 4.78 is 0. The van der Waals surface area contributed by atoms with E-state index in [0.29, 0.717) is 6.42 Å². The SMILES string of the molecule is CCCC(=O)N(C)CCN1CCN(C)CC1. The third kappa shape index (κ3) is 4.49. The Balaban J connectivity index is 2.16. The van der Waals surface area contributed by atoms with Crippen molar-refractivity contribution in [2.75, 3.05) is 53.4 Å². The minimum atomic E-state index is 0.275. The van der Waals surface area contributed by atoms with E-state index in [0.717, 1.165) is 45.7 Å². The molecule has 0 atom stereocenters. The zero-order chi connectivity index (χ0) is 12.0. The standard InChI is InChI=1S/C12H25N3O/c1-4-5-12(16)14(3)8-11-15-9-6-13(2)7-10-15/h4-11H2,1-3H3. The molecule has 1 rings (SSSR count). The maximum Gasteiger partial charge on any atom is 0.222 e. The van der Waals surface area contributed by atoms with Crippen molar-refractivity contribution in [3.63, 3.8) is 0 Å². The van der Waals surface area contributed by atoms with Gasteiger partial charge in [0.25, 0.3) is 0 Å². The van der Waals surface area contributed by atoms with Gasteiger partial charge in [0.1, 0.15) is 0 Å².